The van der Waals surface area contributed by atoms with Gasteiger partial charge in [-0.15, -0.1) is 0 Å². The summed E-state index contributed by atoms with van der Waals surface area (Å²) in [4.78, 5) is 28.2. The number of piperazine rings is 1. The third kappa shape index (κ3) is 5.10. The second kappa shape index (κ2) is 11.4. The lowest BCUT2D eigenvalue weighted by Crippen LogP contribution is -2.55. The minimum atomic E-state index is -0.267. The highest BCUT2D eigenvalue weighted by molar-refractivity contribution is 6.02. The molecule has 206 valence electrons. The normalized spacial score (nSPS) is 15.6. The molecule has 9 nitrogen and oxygen atoms in total. The fourth-order valence-corrected chi connectivity index (χ4v) is 5.52. The van der Waals surface area contributed by atoms with Crippen molar-refractivity contribution in [2.45, 2.75) is 19.4 Å². The average molecular weight is 538 g/mol. The molecular formula is C31H35N7O2. The first-order valence-electron chi connectivity index (χ1n) is 13.5. The Morgan fingerprint density at radius 3 is 2.73 bits per heavy atom. The highest BCUT2D eigenvalue weighted by Crippen LogP contribution is 2.37. The molecule has 2 aromatic carbocycles. The first-order chi connectivity index (χ1) is 19.3. The molecule has 2 aromatic heterocycles. The van der Waals surface area contributed by atoms with Gasteiger partial charge in [0.05, 0.1) is 29.6 Å². The summed E-state index contributed by atoms with van der Waals surface area (Å²) in [7, 11) is 6.01. The van der Waals surface area contributed by atoms with Crippen molar-refractivity contribution in [1.82, 2.24) is 24.3 Å². The number of aryl methyl sites for hydroxylation is 2. The van der Waals surface area contributed by atoms with Gasteiger partial charge in [-0.2, -0.15) is 15.2 Å². The lowest BCUT2D eigenvalue weighted by molar-refractivity contribution is -0.128. The molecule has 0 aliphatic carbocycles. The first-order valence-corrected chi connectivity index (χ1v) is 13.5. The molecule has 1 fully saturated rings. The smallest absolute Gasteiger partial charge is 0.320 e. The van der Waals surface area contributed by atoms with Gasteiger partial charge in [0.1, 0.15) is 18.1 Å². The fraction of sp³-hybridized carbons (Fsp3) is 0.355. The lowest BCUT2D eigenvalue weighted by atomic mass is 9.98. The number of amides is 1. The number of hydrogen-bond donors (Lipinski definition) is 0. The molecule has 0 spiro atoms. The van der Waals surface area contributed by atoms with E-state index < -0.39 is 0 Å². The van der Waals surface area contributed by atoms with Crippen LogP contribution in [0.4, 0.5) is 5.82 Å². The van der Waals surface area contributed by atoms with Gasteiger partial charge >= 0.3 is 6.01 Å². The van der Waals surface area contributed by atoms with E-state index in [0.29, 0.717) is 32.3 Å². The number of carbonyl (C=O) groups excluding carboxylic acids is 1. The molecule has 9 heteroatoms. The molecule has 40 heavy (non-hydrogen) atoms. The Labute approximate surface area is 234 Å². The van der Waals surface area contributed by atoms with Crippen LogP contribution in [0.1, 0.15) is 12.0 Å². The third-order valence-corrected chi connectivity index (χ3v) is 7.57. The number of aromatic nitrogens is 3. The molecule has 5 rings (SSSR count). The van der Waals surface area contributed by atoms with E-state index in [0.717, 1.165) is 34.7 Å². The Hall–Kier alpha value is -4.42. The fourth-order valence-electron chi connectivity index (χ4n) is 5.52. The van der Waals surface area contributed by atoms with Gasteiger partial charge in [0.2, 0.25) is 5.91 Å². The predicted molar refractivity (Wildman–Crippen MR) is 158 cm³/mol. The maximum Gasteiger partial charge on any atom is 0.320 e. The Morgan fingerprint density at radius 1 is 1.23 bits per heavy atom. The Morgan fingerprint density at radius 2 is 2.00 bits per heavy atom. The summed E-state index contributed by atoms with van der Waals surface area (Å²) in [6.07, 6.45) is 1.54. The molecule has 0 N–H and O–H groups in total. The van der Waals surface area contributed by atoms with E-state index in [1.165, 1.54) is 22.4 Å². The molecule has 4 aromatic rings. The summed E-state index contributed by atoms with van der Waals surface area (Å²) in [6.45, 7) is 8.49. The van der Waals surface area contributed by atoms with Crippen LogP contribution in [0.15, 0.2) is 55.1 Å². The summed E-state index contributed by atoms with van der Waals surface area (Å²) in [6, 6.07) is 17.2. The molecule has 0 unspecified atom stereocenters. The first kappa shape index (κ1) is 27.2. The van der Waals surface area contributed by atoms with Gasteiger partial charge in [-0.25, -0.2) is 0 Å². The summed E-state index contributed by atoms with van der Waals surface area (Å²) in [5.74, 6) is 0.589. The Bertz CT molecular complexity index is 1610. The van der Waals surface area contributed by atoms with Crippen molar-refractivity contribution in [1.29, 1.82) is 5.26 Å². The second-order valence-corrected chi connectivity index (χ2v) is 10.5. The van der Waals surface area contributed by atoms with E-state index >= 15 is 0 Å². The third-order valence-electron chi connectivity index (χ3n) is 7.57. The topological polar surface area (TPSA) is 90.5 Å². The minimum Gasteiger partial charge on any atom is -0.462 e. The number of nitrogens with zero attached hydrogens (tertiary/aromatic N) is 7. The standard InChI is InChI=1S/C31H35N7O2/c1-6-27(39)38-16-15-37(20-23(38)13-14-32)30-25-19-26(24-12-8-11-22-10-7-9-21(2)28(22)24)36(5)29(25)33-31(34-30)40-18-17-35(3)4/h6-12,19,23H,1,13,15-18,20H2,2-5H3/t23-/m0/s1. The molecule has 1 amide bonds. The number of likely N-dealkylation sites (N-methyl/N-ethyl adjacent to an activating group) is 1. The highest BCUT2D eigenvalue weighted by atomic mass is 16.5. The van der Waals surface area contributed by atoms with Gasteiger partial charge < -0.3 is 24.0 Å². The Kier molecular flexibility index (Phi) is 7.71. The number of benzene rings is 2. The van der Waals surface area contributed by atoms with Gasteiger partial charge in [-0.3, -0.25) is 4.79 Å². The van der Waals surface area contributed by atoms with E-state index in [4.69, 9.17) is 14.7 Å². The van der Waals surface area contributed by atoms with E-state index in [1.807, 2.05) is 26.0 Å². The maximum atomic E-state index is 12.5. The number of rotatable bonds is 8. The minimum absolute atomic E-state index is 0.159. The SMILES string of the molecule is C=CC(=O)N1CCN(c2nc(OCCN(C)C)nc3c2cc(-c2cccc4cccc(C)c24)n3C)C[C@@H]1CC#N. The average Bonchev–Trinajstić information content (AvgIpc) is 3.28. The van der Waals surface area contributed by atoms with Crippen LogP contribution >= 0.6 is 0 Å². The van der Waals surface area contributed by atoms with Gasteiger partial charge in [-0.1, -0.05) is 43.0 Å². The monoisotopic (exact) mass is 537 g/mol. The number of nitriles is 1. The molecule has 0 bridgehead atoms. The zero-order chi connectivity index (χ0) is 28.4. The van der Waals surface area contributed by atoms with Crippen molar-refractivity contribution in [3.05, 3.63) is 60.7 Å². The zero-order valence-electron chi connectivity index (χ0n) is 23.6. The summed E-state index contributed by atoms with van der Waals surface area (Å²) in [5, 5.41) is 12.8. The van der Waals surface area contributed by atoms with Crippen LogP contribution in [0.25, 0.3) is 33.1 Å². The van der Waals surface area contributed by atoms with Gasteiger partial charge in [0.15, 0.2) is 0 Å². The number of anilines is 1. The van der Waals surface area contributed by atoms with Crippen LogP contribution < -0.4 is 9.64 Å². The van der Waals surface area contributed by atoms with Crippen molar-refractivity contribution in [2.24, 2.45) is 7.05 Å². The summed E-state index contributed by atoms with van der Waals surface area (Å²) >= 11 is 0. The molecule has 3 heterocycles. The molecule has 1 saturated heterocycles. The van der Waals surface area contributed by atoms with Crippen LogP contribution in [0.2, 0.25) is 0 Å². The number of hydrogen-bond acceptors (Lipinski definition) is 7. The molecular weight excluding hydrogens is 502 g/mol. The highest BCUT2D eigenvalue weighted by Gasteiger charge is 2.31. The van der Waals surface area contributed by atoms with Crippen molar-refractivity contribution in [3.8, 4) is 23.3 Å². The van der Waals surface area contributed by atoms with Crippen LogP contribution in [0.3, 0.4) is 0 Å². The molecule has 1 aliphatic rings. The van der Waals surface area contributed by atoms with Crippen molar-refractivity contribution in [2.75, 3.05) is 51.8 Å². The van der Waals surface area contributed by atoms with E-state index in [-0.39, 0.29) is 18.4 Å². The molecule has 0 saturated carbocycles. The van der Waals surface area contributed by atoms with Crippen molar-refractivity contribution >= 4 is 33.5 Å². The summed E-state index contributed by atoms with van der Waals surface area (Å²) in [5.41, 5.74) is 4.14. The van der Waals surface area contributed by atoms with Gasteiger partial charge in [-0.05, 0) is 49.5 Å². The van der Waals surface area contributed by atoms with E-state index in [9.17, 15) is 10.1 Å². The number of carbonyl (C=O) groups is 1. The Balaban J connectivity index is 1.64. The van der Waals surface area contributed by atoms with Crippen molar-refractivity contribution < 1.29 is 9.53 Å². The van der Waals surface area contributed by atoms with Crippen LogP contribution in [0, 0.1) is 18.3 Å². The summed E-state index contributed by atoms with van der Waals surface area (Å²) < 4.78 is 8.13. The quantitative estimate of drug-likeness (QED) is 0.312. The van der Waals surface area contributed by atoms with Crippen LogP contribution in [0.5, 0.6) is 6.01 Å². The number of fused-ring (bicyclic) bond motifs is 2. The van der Waals surface area contributed by atoms with E-state index in [1.54, 1.807) is 4.90 Å². The largest absolute Gasteiger partial charge is 0.462 e. The van der Waals surface area contributed by atoms with Crippen LogP contribution in [-0.2, 0) is 11.8 Å². The molecule has 1 atom stereocenters. The predicted octanol–water partition coefficient (Wildman–Crippen LogP) is 4.15. The number of ether oxygens (including phenoxy) is 1. The molecule has 1 aliphatic heterocycles. The van der Waals surface area contributed by atoms with Gasteiger partial charge in [0.25, 0.3) is 0 Å². The zero-order valence-corrected chi connectivity index (χ0v) is 23.6. The van der Waals surface area contributed by atoms with Crippen molar-refractivity contribution in [3.63, 3.8) is 0 Å². The van der Waals surface area contributed by atoms with E-state index in [2.05, 4.69) is 71.5 Å². The van der Waals surface area contributed by atoms with Crippen LogP contribution in [-0.4, -0.2) is 83.2 Å². The molecule has 0 radical (unpaired) electrons. The lowest BCUT2D eigenvalue weighted by Gasteiger charge is -2.40. The maximum absolute atomic E-state index is 12.5. The van der Waals surface area contributed by atoms with Gasteiger partial charge in [0, 0.05) is 38.8 Å². The second-order valence-electron chi connectivity index (χ2n) is 10.5.